The Morgan fingerprint density at radius 3 is 2.78 bits per heavy atom. The molecule has 1 amide bonds. The lowest BCUT2D eigenvalue weighted by Gasteiger charge is -2.39. The fourth-order valence-corrected chi connectivity index (χ4v) is 3.22. The van der Waals surface area contributed by atoms with E-state index in [1.807, 2.05) is 0 Å². The van der Waals surface area contributed by atoms with Gasteiger partial charge in [-0.1, -0.05) is 12.1 Å². The van der Waals surface area contributed by atoms with Gasteiger partial charge in [-0.3, -0.25) is 9.78 Å². The van der Waals surface area contributed by atoms with E-state index >= 15 is 0 Å². The summed E-state index contributed by atoms with van der Waals surface area (Å²) in [5.41, 5.74) is 0.990. The largest absolute Gasteiger partial charge is 0.535 e. The minimum absolute atomic E-state index is 0.0965. The van der Waals surface area contributed by atoms with Gasteiger partial charge in [0.2, 0.25) is 0 Å². The van der Waals surface area contributed by atoms with Gasteiger partial charge in [0.1, 0.15) is 28.9 Å². The molecule has 2 aliphatic heterocycles. The van der Waals surface area contributed by atoms with Gasteiger partial charge in [0.25, 0.3) is 5.91 Å². The van der Waals surface area contributed by atoms with Crippen LogP contribution in [0.2, 0.25) is 6.32 Å². The molecule has 27 heavy (non-hydrogen) atoms. The maximum atomic E-state index is 12.3. The molecule has 2 aliphatic rings. The number of carbonyl (C=O) groups is 2. The summed E-state index contributed by atoms with van der Waals surface area (Å²) in [5.74, 6) is -1.05. The van der Waals surface area contributed by atoms with Gasteiger partial charge in [-0.15, -0.1) is 0 Å². The first-order valence-corrected chi connectivity index (χ1v) is 8.64. The summed E-state index contributed by atoms with van der Waals surface area (Å²) >= 11 is 0. The average molecular weight is 368 g/mol. The highest BCUT2D eigenvalue weighted by Gasteiger charge is 2.36. The third kappa shape index (κ3) is 3.33. The molecule has 0 saturated carbocycles. The van der Waals surface area contributed by atoms with Crippen molar-refractivity contribution in [3.8, 4) is 11.5 Å². The molecule has 1 aromatic carbocycles. The minimum Gasteiger partial charge on any atom is -0.535 e. The summed E-state index contributed by atoms with van der Waals surface area (Å²) in [6.07, 6.45) is 2.19. The van der Waals surface area contributed by atoms with Gasteiger partial charge < -0.3 is 24.4 Å². The maximum absolute atomic E-state index is 12.3. The molecule has 0 bridgehead atoms. The zero-order valence-electron chi connectivity index (χ0n) is 14.4. The van der Waals surface area contributed by atoms with Crippen LogP contribution in [-0.2, 0) is 6.42 Å². The molecule has 4 rings (SSSR count). The average Bonchev–Trinajstić information content (AvgIpc) is 2.63. The molecular formula is C18H17BN2O6. The van der Waals surface area contributed by atoms with E-state index in [1.165, 1.54) is 0 Å². The number of hydrogen-bond acceptors (Lipinski definition) is 6. The fraction of sp³-hybridized carbons (Fsp3) is 0.278. The monoisotopic (exact) mass is 368 g/mol. The van der Waals surface area contributed by atoms with Crippen LogP contribution in [0.25, 0.3) is 0 Å². The number of benzene rings is 1. The third-order valence-electron chi connectivity index (χ3n) is 4.64. The highest BCUT2D eigenvalue weighted by molar-refractivity contribution is 6.44. The highest BCUT2D eigenvalue weighted by Crippen LogP contribution is 2.37. The van der Waals surface area contributed by atoms with Crippen LogP contribution >= 0.6 is 0 Å². The number of rotatable bonds is 4. The second-order valence-electron chi connectivity index (χ2n) is 6.51. The Bertz CT molecular complexity index is 885. The molecule has 2 N–H and O–H groups in total. The van der Waals surface area contributed by atoms with Crippen molar-refractivity contribution in [1.82, 2.24) is 9.88 Å². The number of amides is 1. The molecule has 1 fully saturated rings. The Balaban J connectivity index is 1.47. The van der Waals surface area contributed by atoms with Gasteiger partial charge >= 0.3 is 13.1 Å². The topological polar surface area (TPSA) is 109 Å². The van der Waals surface area contributed by atoms with Crippen molar-refractivity contribution in [1.29, 1.82) is 0 Å². The zero-order chi connectivity index (χ0) is 19.0. The van der Waals surface area contributed by atoms with E-state index < -0.39 is 13.1 Å². The summed E-state index contributed by atoms with van der Waals surface area (Å²) in [6.45, 7) is 0.685. The summed E-state index contributed by atoms with van der Waals surface area (Å²) < 4.78 is 11.1. The van der Waals surface area contributed by atoms with Crippen molar-refractivity contribution in [3.63, 3.8) is 0 Å². The van der Waals surface area contributed by atoms with Crippen molar-refractivity contribution >= 4 is 19.0 Å². The fourth-order valence-electron chi connectivity index (χ4n) is 3.22. The van der Waals surface area contributed by atoms with E-state index in [0.29, 0.717) is 31.5 Å². The minimum atomic E-state index is -1.18. The summed E-state index contributed by atoms with van der Waals surface area (Å²) in [7, 11) is -1.03. The van der Waals surface area contributed by atoms with Crippen LogP contribution in [-0.4, -0.2) is 58.2 Å². The van der Waals surface area contributed by atoms with Crippen molar-refractivity contribution < 1.29 is 29.1 Å². The van der Waals surface area contributed by atoms with Gasteiger partial charge in [-0.25, -0.2) is 4.79 Å². The molecule has 0 unspecified atom stereocenters. The van der Waals surface area contributed by atoms with Crippen LogP contribution in [0.1, 0.15) is 26.4 Å². The first-order chi connectivity index (χ1) is 13.0. The van der Waals surface area contributed by atoms with Crippen LogP contribution in [0.4, 0.5) is 0 Å². The molecule has 8 nitrogen and oxygen atoms in total. The molecule has 2 aromatic rings. The number of carbonyl (C=O) groups excluding carboxylic acids is 1. The van der Waals surface area contributed by atoms with E-state index in [9.17, 15) is 19.7 Å². The van der Waals surface area contributed by atoms with Crippen LogP contribution in [0, 0.1) is 0 Å². The zero-order valence-corrected chi connectivity index (χ0v) is 14.4. The van der Waals surface area contributed by atoms with E-state index in [-0.39, 0.29) is 29.1 Å². The van der Waals surface area contributed by atoms with Gasteiger partial charge in [0.05, 0.1) is 13.1 Å². The van der Waals surface area contributed by atoms with Gasteiger partial charge in [-0.2, -0.15) is 0 Å². The van der Waals surface area contributed by atoms with Crippen LogP contribution < -0.4 is 9.39 Å². The quantitative estimate of drug-likeness (QED) is 0.778. The Morgan fingerprint density at radius 1 is 1.26 bits per heavy atom. The lowest BCUT2D eigenvalue weighted by Crippen LogP contribution is -2.56. The lowest BCUT2D eigenvalue weighted by atomic mass is 9.78. The first kappa shape index (κ1) is 17.4. The molecule has 138 valence electrons. The highest BCUT2D eigenvalue weighted by atomic mass is 16.5. The Hall–Kier alpha value is -3.07. The number of ether oxygens (including phenoxy) is 1. The lowest BCUT2D eigenvalue weighted by molar-refractivity contribution is 0.0165. The number of carboxylic acids is 1. The summed E-state index contributed by atoms with van der Waals surface area (Å²) in [6, 6.07) is 8.48. The molecule has 0 aliphatic carbocycles. The molecule has 9 heteroatoms. The number of aryl methyl sites for hydroxylation is 1. The van der Waals surface area contributed by atoms with Gasteiger partial charge in [0.15, 0.2) is 0 Å². The van der Waals surface area contributed by atoms with E-state index in [4.69, 9.17) is 9.39 Å². The molecule has 1 aromatic heterocycles. The standard InChI is InChI=1S/C18H17BN2O6/c22-17(13-3-1-2-8-20-13)21-9-12(10-21)26-14-5-4-11-6-7-19(25)27-16(11)15(14)18(23)24/h1-5,8,12,25H,6-7,9-10H2,(H,23,24). The number of hydrogen-bond donors (Lipinski definition) is 2. The molecule has 0 spiro atoms. The predicted molar refractivity (Wildman–Crippen MR) is 95.1 cm³/mol. The van der Waals surface area contributed by atoms with E-state index in [2.05, 4.69) is 4.98 Å². The number of fused-ring (bicyclic) bond motifs is 1. The normalized spacial score (nSPS) is 16.2. The van der Waals surface area contributed by atoms with Crippen LogP contribution in [0.5, 0.6) is 11.5 Å². The van der Waals surface area contributed by atoms with Crippen LogP contribution in [0.3, 0.4) is 0 Å². The predicted octanol–water partition coefficient (Wildman–Crippen LogP) is 1.10. The van der Waals surface area contributed by atoms with Crippen molar-refractivity contribution in [3.05, 3.63) is 53.3 Å². The Labute approximate surface area is 155 Å². The van der Waals surface area contributed by atoms with Gasteiger partial charge in [-0.05, 0) is 36.5 Å². The van der Waals surface area contributed by atoms with Crippen LogP contribution in [0.15, 0.2) is 36.5 Å². The second kappa shape index (κ2) is 6.92. The number of likely N-dealkylation sites (tertiary alicyclic amines) is 1. The molecule has 0 atom stereocenters. The van der Waals surface area contributed by atoms with E-state index in [1.54, 1.807) is 41.4 Å². The molecule has 3 heterocycles. The van der Waals surface area contributed by atoms with Crippen molar-refractivity contribution in [2.75, 3.05) is 13.1 Å². The smallest absolute Gasteiger partial charge is 0.522 e. The Kier molecular flexibility index (Phi) is 4.45. The number of pyridine rings is 1. The van der Waals surface area contributed by atoms with Crippen molar-refractivity contribution in [2.24, 2.45) is 0 Å². The maximum Gasteiger partial charge on any atom is 0.522 e. The number of carboxylic acid groups (broad SMARTS) is 1. The summed E-state index contributed by atoms with van der Waals surface area (Å²) in [5, 5.41) is 19.3. The SMILES string of the molecule is O=C(O)c1c(OC2CN(C(=O)c3ccccn3)C2)ccc2c1OB(O)CC2. The third-order valence-corrected chi connectivity index (χ3v) is 4.64. The first-order valence-electron chi connectivity index (χ1n) is 8.64. The number of nitrogens with zero attached hydrogens (tertiary/aromatic N) is 2. The Morgan fingerprint density at radius 2 is 2.07 bits per heavy atom. The molecular weight excluding hydrogens is 351 g/mol. The van der Waals surface area contributed by atoms with E-state index in [0.717, 1.165) is 5.56 Å². The van der Waals surface area contributed by atoms with Gasteiger partial charge in [0, 0.05) is 6.20 Å². The molecule has 1 saturated heterocycles. The van der Waals surface area contributed by atoms with Crippen molar-refractivity contribution in [2.45, 2.75) is 18.8 Å². The summed E-state index contributed by atoms with van der Waals surface area (Å²) in [4.78, 5) is 29.6. The second-order valence-corrected chi connectivity index (χ2v) is 6.51. The molecule has 0 radical (unpaired) electrons. The number of aromatic carboxylic acids is 1. The number of aromatic nitrogens is 1.